The summed E-state index contributed by atoms with van der Waals surface area (Å²) in [6.07, 6.45) is 5.02. The predicted octanol–water partition coefficient (Wildman–Crippen LogP) is 12.9. The van der Waals surface area contributed by atoms with Gasteiger partial charge in [0.2, 0.25) is 0 Å². The molecule has 1 radical (unpaired) electrons. The van der Waals surface area contributed by atoms with Crippen molar-refractivity contribution in [1.82, 2.24) is 9.97 Å². The quantitative estimate of drug-likeness (QED) is 0.118. The van der Waals surface area contributed by atoms with Gasteiger partial charge in [-0.3, -0.25) is 0 Å². The molecule has 0 N–H and O–H groups in total. The van der Waals surface area contributed by atoms with Gasteiger partial charge in [-0.15, -0.1) is 53.6 Å². The van der Waals surface area contributed by atoms with Crippen LogP contribution < -0.4 is 5.19 Å². The van der Waals surface area contributed by atoms with Crippen LogP contribution in [-0.2, 0) is 26.5 Å². The molecule has 5 heteroatoms. The summed E-state index contributed by atoms with van der Waals surface area (Å²) in [5.74, 6) is 0.326. The first-order valence-electron chi connectivity index (χ1n) is 18.8. The fourth-order valence-corrected chi connectivity index (χ4v) is 8.77. The molecule has 1 unspecified atom stereocenters. The fourth-order valence-electron chi connectivity index (χ4n) is 7.16. The Bertz CT molecular complexity index is 2510. The van der Waals surface area contributed by atoms with Crippen LogP contribution in [0.5, 0.6) is 0 Å². The fraction of sp³-hybridized carbons (Fsp3) is 0.200. The molecule has 55 heavy (non-hydrogen) atoms. The second-order valence-corrected chi connectivity index (χ2v) is 21.4. The van der Waals surface area contributed by atoms with Gasteiger partial charge in [0.25, 0.3) is 0 Å². The standard InChI is InChI=1S/C28H28NSi.C22H20NO.Ir/c1-21(22-12-7-5-8-13-22)26-19-27(29-20-28(26)30(2,3)4)25-17-11-16-24(18-25)23-14-9-6-10-15-23;1-22(2,3)14-15-11-12-23-19(13-15)18-9-6-8-17-16-7-4-5-10-20(16)24-21(17)18;/h5-16,18-21H,1-4H3;4-8,10-13H,14H2,1-3H3;/q2*-1;. The minimum absolute atomic E-state index is 0. The first-order chi connectivity index (χ1) is 25.9. The van der Waals surface area contributed by atoms with Crippen LogP contribution in [0.15, 0.2) is 150 Å². The number of aromatic nitrogens is 2. The van der Waals surface area contributed by atoms with Gasteiger partial charge < -0.3 is 14.4 Å². The van der Waals surface area contributed by atoms with Crippen LogP contribution in [0.1, 0.15) is 50.3 Å². The van der Waals surface area contributed by atoms with Crippen molar-refractivity contribution in [2.75, 3.05) is 0 Å². The number of nitrogens with zero attached hydrogens (tertiary/aromatic N) is 2. The van der Waals surface area contributed by atoms with Gasteiger partial charge in [-0.2, -0.15) is 0 Å². The Kier molecular flexibility index (Phi) is 12.2. The molecule has 3 heterocycles. The molecule has 3 aromatic heterocycles. The molecule has 3 nitrogen and oxygen atoms in total. The van der Waals surface area contributed by atoms with Gasteiger partial charge in [0.05, 0.1) is 13.7 Å². The van der Waals surface area contributed by atoms with Crippen molar-refractivity contribution >= 4 is 35.2 Å². The van der Waals surface area contributed by atoms with Crippen molar-refractivity contribution in [3.8, 4) is 33.6 Å². The van der Waals surface area contributed by atoms with Crippen LogP contribution in [0.3, 0.4) is 0 Å². The molecule has 0 saturated heterocycles. The zero-order valence-electron chi connectivity index (χ0n) is 32.8. The van der Waals surface area contributed by atoms with Crippen LogP contribution >= 0.6 is 0 Å². The van der Waals surface area contributed by atoms with E-state index in [0.29, 0.717) is 5.92 Å². The third kappa shape index (κ3) is 9.31. The smallest absolute Gasteiger partial charge is 0.120 e. The summed E-state index contributed by atoms with van der Waals surface area (Å²) in [6.45, 7) is 16.2. The van der Waals surface area contributed by atoms with E-state index < -0.39 is 8.07 Å². The van der Waals surface area contributed by atoms with Crippen LogP contribution in [0.25, 0.3) is 55.6 Å². The largest absolute Gasteiger partial charge is 0.501 e. The van der Waals surface area contributed by atoms with E-state index in [9.17, 15) is 0 Å². The number of pyridine rings is 2. The van der Waals surface area contributed by atoms with E-state index in [2.05, 4.69) is 168 Å². The minimum atomic E-state index is -1.53. The summed E-state index contributed by atoms with van der Waals surface area (Å²) in [5.41, 5.74) is 12.3. The van der Waals surface area contributed by atoms with E-state index in [1.165, 1.54) is 33.0 Å². The average molecular weight is 913 g/mol. The van der Waals surface area contributed by atoms with E-state index in [0.717, 1.165) is 50.9 Å². The predicted molar refractivity (Wildman–Crippen MR) is 230 cm³/mol. The zero-order valence-corrected chi connectivity index (χ0v) is 36.2. The first kappa shape index (κ1) is 39.8. The number of fused-ring (bicyclic) bond motifs is 3. The SMILES string of the molecule is CC(C)(C)Cc1ccnc(-c2[c-]ccc3c2oc2ccccc23)c1.CC(c1ccccc1)c1cc(-c2[c-]ccc(-c3ccccc3)c2)ncc1[Si](C)(C)C.[Ir]. The Labute approximate surface area is 341 Å². The van der Waals surface area contributed by atoms with Crippen LogP contribution in [0.4, 0.5) is 0 Å². The number of benzene rings is 5. The van der Waals surface area contributed by atoms with Crippen LogP contribution in [0, 0.1) is 17.5 Å². The van der Waals surface area contributed by atoms with E-state index in [1.807, 2.05) is 42.6 Å². The molecular weight excluding hydrogens is 865 g/mol. The molecule has 0 spiro atoms. The van der Waals surface area contributed by atoms with E-state index in [4.69, 9.17) is 9.40 Å². The number of hydrogen-bond donors (Lipinski definition) is 0. The molecule has 279 valence electrons. The molecule has 8 rings (SSSR count). The summed E-state index contributed by atoms with van der Waals surface area (Å²) >= 11 is 0. The Morgan fingerprint density at radius 3 is 2.11 bits per heavy atom. The van der Waals surface area contributed by atoms with E-state index >= 15 is 0 Å². The van der Waals surface area contributed by atoms with Gasteiger partial charge in [0, 0.05) is 43.8 Å². The van der Waals surface area contributed by atoms with Gasteiger partial charge in [0.15, 0.2) is 0 Å². The van der Waals surface area contributed by atoms with Crippen molar-refractivity contribution in [2.24, 2.45) is 5.41 Å². The normalized spacial score (nSPS) is 12.1. The van der Waals surface area contributed by atoms with E-state index in [1.54, 1.807) is 0 Å². The maximum Gasteiger partial charge on any atom is 0.120 e. The zero-order chi connectivity index (χ0) is 37.9. The second-order valence-electron chi connectivity index (χ2n) is 16.4. The molecular formula is C50H48IrN2OSi-2. The Morgan fingerprint density at radius 2 is 1.38 bits per heavy atom. The van der Waals surface area contributed by atoms with Gasteiger partial charge >= 0.3 is 0 Å². The summed E-state index contributed by atoms with van der Waals surface area (Å²) in [4.78, 5) is 9.46. The summed E-state index contributed by atoms with van der Waals surface area (Å²) in [5, 5.41) is 3.68. The van der Waals surface area contributed by atoms with Gasteiger partial charge in [-0.05, 0) is 57.2 Å². The Morgan fingerprint density at radius 1 is 0.691 bits per heavy atom. The molecule has 0 bridgehead atoms. The average Bonchev–Trinajstić information content (AvgIpc) is 3.56. The van der Waals surface area contributed by atoms with Crippen LogP contribution in [-0.4, -0.2) is 18.0 Å². The van der Waals surface area contributed by atoms with Crippen molar-refractivity contribution < 1.29 is 24.5 Å². The monoisotopic (exact) mass is 913 g/mol. The van der Waals surface area contributed by atoms with Crippen molar-refractivity contribution in [2.45, 2.75) is 59.7 Å². The molecule has 8 aromatic rings. The minimum Gasteiger partial charge on any atom is -0.501 e. The summed E-state index contributed by atoms with van der Waals surface area (Å²) in [7, 11) is -1.53. The number of para-hydroxylation sites is 1. The number of rotatable bonds is 7. The maximum absolute atomic E-state index is 6.11. The molecule has 0 aliphatic rings. The molecule has 0 aliphatic carbocycles. The summed E-state index contributed by atoms with van der Waals surface area (Å²) < 4.78 is 6.11. The molecule has 0 saturated carbocycles. The molecule has 0 fully saturated rings. The van der Waals surface area contributed by atoms with E-state index in [-0.39, 0.29) is 25.5 Å². The van der Waals surface area contributed by atoms with Gasteiger partial charge in [0.1, 0.15) is 5.58 Å². The van der Waals surface area contributed by atoms with Gasteiger partial charge in [-0.1, -0.05) is 155 Å². The second kappa shape index (κ2) is 16.8. The Hall–Kier alpha value is -4.93. The van der Waals surface area contributed by atoms with Gasteiger partial charge in [-0.25, -0.2) is 0 Å². The Balaban J connectivity index is 0.000000188. The molecule has 0 amide bonds. The number of hydrogen-bond acceptors (Lipinski definition) is 3. The van der Waals surface area contributed by atoms with Crippen molar-refractivity contribution in [3.63, 3.8) is 0 Å². The third-order valence-corrected chi connectivity index (χ3v) is 11.9. The first-order valence-corrected chi connectivity index (χ1v) is 22.3. The maximum atomic E-state index is 6.11. The topological polar surface area (TPSA) is 38.9 Å². The molecule has 0 aliphatic heterocycles. The van der Waals surface area contributed by atoms with Crippen molar-refractivity contribution in [1.29, 1.82) is 0 Å². The van der Waals surface area contributed by atoms with Crippen molar-refractivity contribution in [3.05, 3.63) is 175 Å². The third-order valence-electron chi connectivity index (χ3n) is 9.85. The molecule has 1 atom stereocenters. The summed E-state index contributed by atoms with van der Waals surface area (Å²) in [6, 6.07) is 53.0. The van der Waals surface area contributed by atoms with Crippen LogP contribution in [0.2, 0.25) is 19.6 Å². The number of furan rings is 1. The molecule has 5 aromatic carbocycles.